The Bertz CT molecular complexity index is 768. The van der Waals surface area contributed by atoms with Crippen LogP contribution in [0.15, 0.2) is 12.1 Å². The number of aryl methyl sites for hydroxylation is 2. The van der Waals surface area contributed by atoms with Crippen LogP contribution in [0.3, 0.4) is 0 Å². The zero-order chi connectivity index (χ0) is 15.9. The van der Waals surface area contributed by atoms with E-state index in [1.165, 1.54) is 0 Å². The van der Waals surface area contributed by atoms with Crippen LogP contribution in [0.5, 0.6) is 5.75 Å². The highest BCUT2D eigenvalue weighted by atomic mass is 16.3. The molecule has 1 aromatic carbocycles. The zero-order valence-corrected chi connectivity index (χ0v) is 13.3. The fourth-order valence-corrected chi connectivity index (χ4v) is 3.25. The number of aromatic nitrogens is 1. The summed E-state index contributed by atoms with van der Waals surface area (Å²) < 4.78 is 0. The molecule has 1 N–H and O–H groups in total. The topological polar surface area (TPSA) is 60.1 Å². The number of nitrogens with zero attached hydrogens (tertiary/aromatic N) is 3. The summed E-state index contributed by atoms with van der Waals surface area (Å²) in [6, 6.07) is 6.05. The third kappa shape index (κ3) is 2.37. The summed E-state index contributed by atoms with van der Waals surface area (Å²) in [5.41, 5.74) is 2.09. The van der Waals surface area contributed by atoms with E-state index in [0.29, 0.717) is 10.9 Å². The Morgan fingerprint density at radius 1 is 1.27 bits per heavy atom. The van der Waals surface area contributed by atoms with Crippen LogP contribution in [-0.4, -0.2) is 23.2 Å². The number of aromatic hydroxyl groups is 1. The maximum atomic E-state index is 10.6. The molecule has 1 aliphatic heterocycles. The molecule has 1 aromatic heterocycles. The molecule has 0 spiro atoms. The first-order valence-corrected chi connectivity index (χ1v) is 7.80. The number of phenolic OH excluding ortho intramolecular Hbond substituents is 1. The summed E-state index contributed by atoms with van der Waals surface area (Å²) in [6.07, 6.45) is 2.27. The van der Waals surface area contributed by atoms with Gasteiger partial charge >= 0.3 is 0 Å². The second-order valence-electron chi connectivity index (χ2n) is 6.38. The molecule has 0 bridgehead atoms. The normalized spacial score (nSPS) is 16.0. The molecule has 4 heteroatoms. The number of hydrogen-bond donors (Lipinski definition) is 1. The molecule has 1 saturated heterocycles. The van der Waals surface area contributed by atoms with Crippen LogP contribution in [-0.2, 0) is 0 Å². The van der Waals surface area contributed by atoms with Gasteiger partial charge in [0.1, 0.15) is 17.6 Å². The largest absolute Gasteiger partial charge is 0.506 e. The predicted octanol–water partition coefficient (Wildman–Crippen LogP) is 3.67. The molecule has 114 valence electrons. The molecule has 0 saturated carbocycles. The lowest BCUT2D eigenvalue weighted by Gasteiger charge is -2.32. The number of nitriles is 1. The van der Waals surface area contributed by atoms with Gasteiger partial charge in [-0.1, -0.05) is 6.92 Å². The Hall–Kier alpha value is -2.28. The van der Waals surface area contributed by atoms with Crippen molar-refractivity contribution in [2.24, 2.45) is 5.92 Å². The molecule has 4 nitrogen and oxygen atoms in total. The lowest BCUT2D eigenvalue weighted by Crippen LogP contribution is -2.33. The molecule has 0 radical (unpaired) electrons. The van der Waals surface area contributed by atoms with Gasteiger partial charge in [0, 0.05) is 18.8 Å². The number of hydrogen-bond acceptors (Lipinski definition) is 4. The second-order valence-corrected chi connectivity index (χ2v) is 6.38. The van der Waals surface area contributed by atoms with Crippen LogP contribution in [0.25, 0.3) is 10.8 Å². The van der Waals surface area contributed by atoms with Crippen molar-refractivity contribution in [1.82, 2.24) is 4.98 Å². The zero-order valence-electron chi connectivity index (χ0n) is 13.3. The second kappa shape index (κ2) is 5.49. The molecule has 2 heterocycles. The molecule has 22 heavy (non-hydrogen) atoms. The first-order valence-electron chi connectivity index (χ1n) is 7.80. The van der Waals surface area contributed by atoms with Gasteiger partial charge in [-0.15, -0.1) is 0 Å². The van der Waals surface area contributed by atoms with Crippen molar-refractivity contribution in [3.8, 4) is 11.8 Å². The van der Waals surface area contributed by atoms with Crippen molar-refractivity contribution < 1.29 is 5.11 Å². The highest BCUT2D eigenvalue weighted by molar-refractivity contribution is 5.99. The minimum absolute atomic E-state index is 0.0682. The number of phenols is 1. The lowest BCUT2D eigenvalue weighted by molar-refractivity contribution is 0.436. The molecule has 0 unspecified atom stereocenters. The van der Waals surface area contributed by atoms with E-state index in [-0.39, 0.29) is 5.75 Å². The van der Waals surface area contributed by atoms with Crippen LogP contribution in [0.4, 0.5) is 5.82 Å². The first kappa shape index (κ1) is 14.6. The van der Waals surface area contributed by atoms with Gasteiger partial charge in [-0.05, 0) is 55.7 Å². The SMILES string of the molecule is Cc1cc2cc(C)c(C#N)c(O)c2c(N2CCC(C)CC2)n1. The Morgan fingerprint density at radius 3 is 2.59 bits per heavy atom. The quantitative estimate of drug-likeness (QED) is 0.872. The van der Waals surface area contributed by atoms with Gasteiger partial charge in [-0.2, -0.15) is 5.26 Å². The van der Waals surface area contributed by atoms with E-state index < -0.39 is 0 Å². The van der Waals surface area contributed by atoms with Gasteiger partial charge in [0.2, 0.25) is 0 Å². The van der Waals surface area contributed by atoms with Gasteiger partial charge in [-0.25, -0.2) is 4.98 Å². The first-order chi connectivity index (χ1) is 10.5. The van der Waals surface area contributed by atoms with Gasteiger partial charge in [0.05, 0.1) is 10.9 Å². The smallest absolute Gasteiger partial charge is 0.145 e. The Balaban J connectivity index is 2.23. The summed E-state index contributed by atoms with van der Waals surface area (Å²) in [5, 5.41) is 21.6. The summed E-state index contributed by atoms with van der Waals surface area (Å²) >= 11 is 0. The summed E-state index contributed by atoms with van der Waals surface area (Å²) in [6.45, 7) is 7.99. The van der Waals surface area contributed by atoms with Gasteiger partial charge in [0.25, 0.3) is 0 Å². The van der Waals surface area contributed by atoms with Crippen molar-refractivity contribution in [3.05, 3.63) is 29.0 Å². The Morgan fingerprint density at radius 2 is 1.95 bits per heavy atom. The average Bonchev–Trinajstić information content (AvgIpc) is 2.47. The number of piperidine rings is 1. The van der Waals surface area contributed by atoms with Crippen molar-refractivity contribution in [2.75, 3.05) is 18.0 Å². The van der Waals surface area contributed by atoms with Gasteiger partial charge in [0.15, 0.2) is 0 Å². The van der Waals surface area contributed by atoms with Crippen molar-refractivity contribution in [2.45, 2.75) is 33.6 Å². The molecule has 0 amide bonds. The summed E-state index contributed by atoms with van der Waals surface area (Å²) in [5.74, 6) is 1.62. The summed E-state index contributed by atoms with van der Waals surface area (Å²) in [7, 11) is 0. The fraction of sp³-hybridized carbons (Fsp3) is 0.444. The monoisotopic (exact) mass is 295 g/mol. The standard InChI is InChI=1S/C18H21N3O/c1-11-4-6-21(7-5-11)18-16-14(9-13(3)20-18)8-12(2)15(10-19)17(16)22/h8-9,11,22H,4-7H2,1-3H3. The Kier molecular flexibility index (Phi) is 3.66. The molecule has 1 fully saturated rings. The van der Waals surface area contributed by atoms with Crippen molar-refractivity contribution >= 4 is 16.6 Å². The predicted molar refractivity (Wildman–Crippen MR) is 88.2 cm³/mol. The molecule has 0 aliphatic carbocycles. The number of benzene rings is 1. The number of pyridine rings is 1. The number of rotatable bonds is 1. The lowest BCUT2D eigenvalue weighted by atomic mass is 9.97. The van der Waals surface area contributed by atoms with Crippen LogP contribution >= 0.6 is 0 Å². The van der Waals surface area contributed by atoms with E-state index in [4.69, 9.17) is 0 Å². The van der Waals surface area contributed by atoms with Crippen LogP contribution < -0.4 is 4.90 Å². The Labute approximate surface area is 131 Å². The minimum Gasteiger partial charge on any atom is -0.506 e. The van der Waals surface area contributed by atoms with Crippen LogP contribution in [0, 0.1) is 31.1 Å². The van der Waals surface area contributed by atoms with Crippen LogP contribution in [0.2, 0.25) is 0 Å². The average molecular weight is 295 g/mol. The van der Waals surface area contributed by atoms with Crippen LogP contribution in [0.1, 0.15) is 36.6 Å². The van der Waals surface area contributed by atoms with Gasteiger partial charge < -0.3 is 10.0 Å². The van der Waals surface area contributed by atoms with E-state index in [2.05, 4.69) is 22.9 Å². The van der Waals surface area contributed by atoms with E-state index in [9.17, 15) is 10.4 Å². The molecular formula is C18H21N3O. The third-order valence-electron chi connectivity index (χ3n) is 4.59. The molecule has 0 atom stereocenters. The van der Waals surface area contributed by atoms with Crippen molar-refractivity contribution in [3.63, 3.8) is 0 Å². The van der Waals surface area contributed by atoms with E-state index in [1.807, 2.05) is 26.0 Å². The molecular weight excluding hydrogens is 274 g/mol. The maximum Gasteiger partial charge on any atom is 0.145 e. The van der Waals surface area contributed by atoms with E-state index in [0.717, 1.165) is 54.3 Å². The highest BCUT2D eigenvalue weighted by Crippen LogP contribution is 2.38. The third-order valence-corrected chi connectivity index (χ3v) is 4.59. The van der Waals surface area contributed by atoms with E-state index in [1.54, 1.807) is 0 Å². The van der Waals surface area contributed by atoms with Gasteiger partial charge in [-0.3, -0.25) is 0 Å². The number of fused-ring (bicyclic) bond motifs is 1. The molecule has 2 aromatic rings. The fourth-order valence-electron chi connectivity index (χ4n) is 3.25. The molecule has 1 aliphatic rings. The minimum atomic E-state index is 0.0682. The summed E-state index contributed by atoms with van der Waals surface area (Å²) in [4.78, 5) is 6.91. The molecule has 3 rings (SSSR count). The number of anilines is 1. The maximum absolute atomic E-state index is 10.6. The highest BCUT2D eigenvalue weighted by Gasteiger charge is 2.22. The van der Waals surface area contributed by atoms with Crippen molar-refractivity contribution in [1.29, 1.82) is 5.26 Å². The van der Waals surface area contributed by atoms with E-state index >= 15 is 0 Å².